The van der Waals surface area contributed by atoms with Gasteiger partial charge in [0.05, 0.1) is 25.6 Å². The summed E-state index contributed by atoms with van der Waals surface area (Å²) in [4.78, 5) is 36.3. The zero-order valence-electron chi connectivity index (χ0n) is 12.1. The van der Waals surface area contributed by atoms with Gasteiger partial charge in [0.2, 0.25) is 11.8 Å². The van der Waals surface area contributed by atoms with E-state index in [1.807, 2.05) is 4.90 Å². The molecule has 0 spiro atoms. The summed E-state index contributed by atoms with van der Waals surface area (Å²) >= 11 is 0. The average molecular weight is 285 g/mol. The zero-order chi connectivity index (χ0) is 15.0. The van der Waals surface area contributed by atoms with Crippen molar-refractivity contribution in [1.82, 2.24) is 15.5 Å². The van der Waals surface area contributed by atoms with Gasteiger partial charge in [-0.2, -0.15) is 0 Å². The quantitative estimate of drug-likeness (QED) is 0.619. The highest BCUT2D eigenvalue weighted by molar-refractivity contribution is 5.85. The fourth-order valence-corrected chi connectivity index (χ4v) is 2.18. The van der Waals surface area contributed by atoms with Crippen molar-refractivity contribution in [3.8, 4) is 0 Å². The molecule has 7 heteroatoms. The Balaban J connectivity index is 2.34. The van der Waals surface area contributed by atoms with Crippen LogP contribution in [0.1, 0.15) is 19.8 Å². The number of carbonyl (C=O) groups is 3. The molecule has 0 aromatic rings. The van der Waals surface area contributed by atoms with Crippen LogP contribution in [0.4, 0.5) is 0 Å². The Bertz CT molecular complexity index is 360. The van der Waals surface area contributed by atoms with Crippen LogP contribution in [-0.4, -0.2) is 62.5 Å². The highest BCUT2D eigenvalue weighted by Crippen LogP contribution is 2.17. The summed E-state index contributed by atoms with van der Waals surface area (Å²) in [6.45, 7) is 3.65. The number of likely N-dealkylation sites (N-methyl/N-ethyl adjacent to an activating group) is 1. The number of nitrogens with one attached hydrogen (secondary N) is 2. The molecular formula is C13H23N3O4. The van der Waals surface area contributed by atoms with Crippen molar-refractivity contribution in [2.45, 2.75) is 19.8 Å². The standard InChI is InChI=1S/C13H23N3O4/c1-3-20-13(19)10-5-4-6-16(8-10)9-12(18)15-7-11(17)14-2/h10H,3-9H2,1-2H3,(H,14,17)(H,15,18)/t10-/m0/s1. The largest absolute Gasteiger partial charge is 0.466 e. The summed E-state index contributed by atoms with van der Waals surface area (Å²) in [5.41, 5.74) is 0. The van der Waals surface area contributed by atoms with Crippen LogP contribution in [0.5, 0.6) is 0 Å². The lowest BCUT2D eigenvalue weighted by molar-refractivity contribution is -0.150. The Morgan fingerprint density at radius 1 is 1.30 bits per heavy atom. The highest BCUT2D eigenvalue weighted by atomic mass is 16.5. The molecule has 0 saturated carbocycles. The Labute approximate surface area is 119 Å². The van der Waals surface area contributed by atoms with Crippen LogP contribution in [-0.2, 0) is 19.1 Å². The lowest BCUT2D eigenvalue weighted by atomic mass is 9.98. The number of piperidine rings is 1. The maximum atomic E-state index is 11.7. The van der Waals surface area contributed by atoms with Gasteiger partial charge in [-0.3, -0.25) is 19.3 Å². The molecule has 1 rings (SSSR count). The van der Waals surface area contributed by atoms with Gasteiger partial charge in [-0.05, 0) is 26.3 Å². The summed E-state index contributed by atoms with van der Waals surface area (Å²) in [6, 6.07) is 0. The number of nitrogens with zero attached hydrogens (tertiary/aromatic N) is 1. The van der Waals surface area contributed by atoms with Gasteiger partial charge in [0.1, 0.15) is 0 Å². The minimum atomic E-state index is -0.235. The lowest BCUT2D eigenvalue weighted by Crippen LogP contribution is -2.46. The van der Waals surface area contributed by atoms with Crippen molar-refractivity contribution in [1.29, 1.82) is 0 Å². The number of carbonyl (C=O) groups excluding carboxylic acids is 3. The van der Waals surface area contributed by atoms with E-state index in [9.17, 15) is 14.4 Å². The SMILES string of the molecule is CCOC(=O)[C@H]1CCCN(CC(=O)NCC(=O)NC)C1. The van der Waals surface area contributed by atoms with E-state index in [1.165, 1.54) is 7.05 Å². The van der Waals surface area contributed by atoms with Gasteiger partial charge in [0.25, 0.3) is 0 Å². The molecule has 1 aliphatic heterocycles. The maximum Gasteiger partial charge on any atom is 0.310 e. The first-order valence-corrected chi connectivity index (χ1v) is 6.93. The Morgan fingerprint density at radius 2 is 2.05 bits per heavy atom. The normalized spacial score (nSPS) is 19.2. The third-order valence-electron chi connectivity index (χ3n) is 3.22. The molecule has 0 unspecified atom stereocenters. The predicted molar refractivity (Wildman–Crippen MR) is 72.9 cm³/mol. The van der Waals surface area contributed by atoms with Gasteiger partial charge in [-0.1, -0.05) is 0 Å². The molecule has 1 heterocycles. The first kappa shape index (κ1) is 16.4. The molecule has 0 radical (unpaired) electrons. The molecule has 20 heavy (non-hydrogen) atoms. The first-order chi connectivity index (χ1) is 9.56. The lowest BCUT2D eigenvalue weighted by Gasteiger charge is -2.30. The van der Waals surface area contributed by atoms with E-state index in [0.29, 0.717) is 13.2 Å². The van der Waals surface area contributed by atoms with Crippen LogP contribution >= 0.6 is 0 Å². The molecule has 0 bridgehead atoms. The summed E-state index contributed by atoms with van der Waals surface area (Å²) in [5.74, 6) is -0.794. The second kappa shape index (κ2) is 8.52. The van der Waals surface area contributed by atoms with Crippen LogP contribution in [0, 0.1) is 5.92 Å². The smallest absolute Gasteiger partial charge is 0.310 e. The monoisotopic (exact) mass is 285 g/mol. The highest BCUT2D eigenvalue weighted by Gasteiger charge is 2.27. The minimum Gasteiger partial charge on any atom is -0.466 e. The molecule has 1 saturated heterocycles. The minimum absolute atomic E-state index is 0.0233. The van der Waals surface area contributed by atoms with E-state index < -0.39 is 0 Å². The summed E-state index contributed by atoms with van der Waals surface area (Å²) in [6.07, 6.45) is 1.67. The van der Waals surface area contributed by atoms with Crippen molar-refractivity contribution in [3.63, 3.8) is 0 Å². The van der Waals surface area contributed by atoms with Crippen molar-refractivity contribution in [2.75, 3.05) is 39.8 Å². The van der Waals surface area contributed by atoms with Crippen LogP contribution < -0.4 is 10.6 Å². The van der Waals surface area contributed by atoms with Crippen LogP contribution in [0.15, 0.2) is 0 Å². The van der Waals surface area contributed by atoms with Crippen molar-refractivity contribution >= 4 is 17.8 Å². The first-order valence-electron chi connectivity index (χ1n) is 6.93. The van der Waals surface area contributed by atoms with Crippen LogP contribution in [0.25, 0.3) is 0 Å². The molecule has 114 valence electrons. The third-order valence-corrected chi connectivity index (χ3v) is 3.22. The number of rotatable bonds is 6. The Morgan fingerprint density at radius 3 is 2.70 bits per heavy atom. The molecule has 1 atom stereocenters. The molecule has 0 aliphatic carbocycles. The molecule has 1 fully saturated rings. The van der Waals surface area contributed by atoms with Crippen molar-refractivity contribution < 1.29 is 19.1 Å². The van der Waals surface area contributed by atoms with E-state index >= 15 is 0 Å². The number of hydrogen-bond donors (Lipinski definition) is 2. The number of ether oxygens (including phenoxy) is 1. The zero-order valence-corrected chi connectivity index (χ0v) is 12.1. The number of esters is 1. The number of likely N-dealkylation sites (tertiary alicyclic amines) is 1. The molecule has 1 aliphatic rings. The van der Waals surface area contributed by atoms with E-state index in [2.05, 4.69) is 10.6 Å². The maximum absolute atomic E-state index is 11.7. The molecule has 0 aromatic heterocycles. The van der Waals surface area contributed by atoms with E-state index in [-0.39, 0.29) is 36.8 Å². The summed E-state index contributed by atoms with van der Waals surface area (Å²) < 4.78 is 5.01. The second-order valence-corrected chi connectivity index (χ2v) is 4.78. The fourth-order valence-electron chi connectivity index (χ4n) is 2.18. The number of hydrogen-bond acceptors (Lipinski definition) is 5. The third kappa shape index (κ3) is 5.56. The summed E-state index contributed by atoms with van der Waals surface area (Å²) in [5, 5.41) is 4.97. The predicted octanol–water partition coefficient (Wildman–Crippen LogP) is -0.876. The van der Waals surface area contributed by atoms with Crippen molar-refractivity contribution in [3.05, 3.63) is 0 Å². The van der Waals surface area contributed by atoms with Gasteiger partial charge < -0.3 is 15.4 Å². The summed E-state index contributed by atoms with van der Waals surface area (Å²) in [7, 11) is 1.52. The molecule has 2 amide bonds. The Kier molecular flexibility index (Phi) is 7.00. The van der Waals surface area contributed by atoms with Gasteiger partial charge in [-0.25, -0.2) is 0 Å². The molecule has 0 aromatic carbocycles. The Hall–Kier alpha value is -1.63. The fraction of sp³-hybridized carbons (Fsp3) is 0.769. The second-order valence-electron chi connectivity index (χ2n) is 4.78. The van der Waals surface area contributed by atoms with Gasteiger partial charge in [-0.15, -0.1) is 0 Å². The number of amides is 2. The van der Waals surface area contributed by atoms with Crippen LogP contribution in [0.2, 0.25) is 0 Å². The molecule has 7 nitrogen and oxygen atoms in total. The van der Waals surface area contributed by atoms with Crippen molar-refractivity contribution in [2.24, 2.45) is 5.92 Å². The molecule has 2 N–H and O–H groups in total. The van der Waals surface area contributed by atoms with E-state index in [4.69, 9.17) is 4.74 Å². The van der Waals surface area contributed by atoms with Crippen LogP contribution in [0.3, 0.4) is 0 Å². The van der Waals surface area contributed by atoms with Gasteiger partial charge in [0.15, 0.2) is 0 Å². The van der Waals surface area contributed by atoms with Gasteiger partial charge in [0, 0.05) is 13.6 Å². The topological polar surface area (TPSA) is 87.7 Å². The van der Waals surface area contributed by atoms with E-state index in [1.54, 1.807) is 6.92 Å². The van der Waals surface area contributed by atoms with Gasteiger partial charge >= 0.3 is 5.97 Å². The van der Waals surface area contributed by atoms with E-state index in [0.717, 1.165) is 19.4 Å². The average Bonchev–Trinajstić information content (AvgIpc) is 2.45. The molecular weight excluding hydrogens is 262 g/mol.